The van der Waals surface area contributed by atoms with E-state index in [1.54, 1.807) is 30.3 Å². The number of carbonyl (C=O) groups is 1. The molecule has 1 aromatic heterocycles. The lowest BCUT2D eigenvalue weighted by Crippen LogP contribution is -2.13. The maximum atomic E-state index is 12.3. The van der Waals surface area contributed by atoms with Gasteiger partial charge < -0.3 is 5.32 Å². The molecule has 0 spiro atoms. The maximum Gasteiger partial charge on any atom is 0.255 e. The molecule has 1 aromatic carbocycles. The molecule has 1 heterocycles. The van der Waals surface area contributed by atoms with Crippen LogP contribution in [0.2, 0.25) is 10.2 Å². The zero-order valence-corrected chi connectivity index (χ0v) is 14.4. The zero-order valence-electron chi connectivity index (χ0n) is 11.3. The average molecular weight is 388 g/mol. The van der Waals surface area contributed by atoms with E-state index in [9.17, 15) is 4.79 Å². The Balaban J connectivity index is 2.23. The fourth-order valence-corrected chi connectivity index (χ4v) is 2.86. The van der Waals surface area contributed by atoms with Crippen molar-refractivity contribution in [2.45, 2.75) is 19.8 Å². The predicted octanol–water partition coefficient (Wildman–Crippen LogP) is 5.36. The minimum atomic E-state index is -0.236. The molecule has 0 bridgehead atoms. The number of rotatable bonds is 4. The van der Waals surface area contributed by atoms with Gasteiger partial charge in [-0.05, 0) is 52.7 Å². The summed E-state index contributed by atoms with van der Waals surface area (Å²) >= 11 is 15.2. The molecule has 0 saturated heterocycles. The van der Waals surface area contributed by atoms with E-state index < -0.39 is 0 Å². The highest BCUT2D eigenvalue weighted by Gasteiger charge is 2.11. The molecular formula is C15H13BrCl2N2O. The summed E-state index contributed by atoms with van der Waals surface area (Å²) in [6.07, 6.45) is 1.72. The number of nitrogens with one attached hydrogen (secondary N) is 1. The largest absolute Gasteiger partial charge is 0.321 e. The lowest BCUT2D eigenvalue weighted by atomic mass is 10.1. The minimum Gasteiger partial charge on any atom is -0.321 e. The van der Waals surface area contributed by atoms with Crippen LogP contribution >= 0.6 is 39.1 Å². The molecule has 3 nitrogen and oxygen atoms in total. The zero-order chi connectivity index (χ0) is 15.4. The van der Waals surface area contributed by atoms with Gasteiger partial charge in [0.05, 0.1) is 5.69 Å². The Morgan fingerprint density at radius 1 is 1.29 bits per heavy atom. The van der Waals surface area contributed by atoms with Crippen molar-refractivity contribution in [3.8, 4) is 0 Å². The monoisotopic (exact) mass is 386 g/mol. The molecule has 0 aliphatic heterocycles. The number of aryl methyl sites for hydroxylation is 1. The van der Waals surface area contributed by atoms with Crippen LogP contribution in [-0.2, 0) is 6.42 Å². The van der Waals surface area contributed by atoms with Crippen molar-refractivity contribution in [1.29, 1.82) is 0 Å². The Labute approximate surface area is 141 Å². The Bertz CT molecular complexity index is 677. The molecule has 1 amide bonds. The smallest absolute Gasteiger partial charge is 0.255 e. The third-order valence-corrected chi connectivity index (χ3v) is 3.88. The second-order valence-electron chi connectivity index (χ2n) is 4.50. The first-order valence-electron chi connectivity index (χ1n) is 6.42. The number of pyridine rings is 1. The van der Waals surface area contributed by atoms with Gasteiger partial charge in [0.25, 0.3) is 5.91 Å². The summed E-state index contributed by atoms with van der Waals surface area (Å²) in [7, 11) is 0. The van der Waals surface area contributed by atoms with Gasteiger partial charge >= 0.3 is 0 Å². The number of anilines is 1. The molecule has 0 saturated carbocycles. The van der Waals surface area contributed by atoms with Gasteiger partial charge in [-0.15, -0.1) is 0 Å². The highest BCUT2D eigenvalue weighted by atomic mass is 79.9. The van der Waals surface area contributed by atoms with E-state index >= 15 is 0 Å². The van der Waals surface area contributed by atoms with E-state index in [2.05, 4.69) is 26.2 Å². The van der Waals surface area contributed by atoms with Crippen molar-refractivity contribution in [3.05, 3.63) is 56.2 Å². The fourth-order valence-electron chi connectivity index (χ4n) is 1.85. The number of carbonyl (C=O) groups excluding carboxylic acids is 1. The number of nitrogens with zero attached hydrogens (tertiary/aromatic N) is 1. The quantitative estimate of drug-likeness (QED) is 0.717. The van der Waals surface area contributed by atoms with Crippen LogP contribution < -0.4 is 5.32 Å². The van der Waals surface area contributed by atoms with Gasteiger partial charge in [0.2, 0.25) is 0 Å². The summed E-state index contributed by atoms with van der Waals surface area (Å²) in [5.74, 6) is -0.236. The SMILES string of the molecule is CCCc1cc(C(=O)Nc2ccc(Cl)cc2Br)cc(Cl)n1. The molecule has 6 heteroatoms. The fraction of sp³-hybridized carbons (Fsp3) is 0.200. The van der Waals surface area contributed by atoms with E-state index in [4.69, 9.17) is 23.2 Å². The van der Waals surface area contributed by atoms with Crippen molar-refractivity contribution >= 4 is 50.7 Å². The van der Waals surface area contributed by atoms with Gasteiger partial charge in [-0.3, -0.25) is 4.79 Å². The molecule has 0 radical (unpaired) electrons. The van der Waals surface area contributed by atoms with Gasteiger partial charge in [0, 0.05) is 20.8 Å². The highest BCUT2D eigenvalue weighted by molar-refractivity contribution is 9.10. The third kappa shape index (κ3) is 4.43. The van der Waals surface area contributed by atoms with E-state index in [1.165, 1.54) is 0 Å². The number of halogens is 3. The number of hydrogen-bond donors (Lipinski definition) is 1. The molecule has 0 atom stereocenters. The highest BCUT2D eigenvalue weighted by Crippen LogP contribution is 2.26. The van der Waals surface area contributed by atoms with Crippen LogP contribution in [0.25, 0.3) is 0 Å². The molecule has 0 aliphatic rings. The Morgan fingerprint density at radius 3 is 2.71 bits per heavy atom. The van der Waals surface area contributed by atoms with Crippen molar-refractivity contribution in [1.82, 2.24) is 4.98 Å². The van der Waals surface area contributed by atoms with Gasteiger partial charge in [0.1, 0.15) is 5.15 Å². The van der Waals surface area contributed by atoms with E-state index in [0.717, 1.165) is 23.0 Å². The van der Waals surface area contributed by atoms with Crippen LogP contribution in [0.1, 0.15) is 29.4 Å². The first-order chi connectivity index (χ1) is 9.99. The Kier molecular flexibility index (Phi) is 5.62. The maximum absolute atomic E-state index is 12.3. The predicted molar refractivity (Wildman–Crippen MR) is 90.3 cm³/mol. The van der Waals surface area contributed by atoms with E-state index in [0.29, 0.717) is 21.4 Å². The number of aromatic nitrogens is 1. The first kappa shape index (κ1) is 16.3. The van der Waals surface area contributed by atoms with Crippen molar-refractivity contribution in [3.63, 3.8) is 0 Å². The lowest BCUT2D eigenvalue weighted by molar-refractivity contribution is 0.102. The Hall–Kier alpha value is -1.10. The van der Waals surface area contributed by atoms with Crippen molar-refractivity contribution in [2.24, 2.45) is 0 Å². The molecular weight excluding hydrogens is 375 g/mol. The van der Waals surface area contributed by atoms with Gasteiger partial charge in [0.15, 0.2) is 0 Å². The topological polar surface area (TPSA) is 42.0 Å². The lowest BCUT2D eigenvalue weighted by Gasteiger charge is -2.09. The summed E-state index contributed by atoms with van der Waals surface area (Å²) in [5.41, 5.74) is 1.94. The molecule has 0 unspecified atom stereocenters. The summed E-state index contributed by atoms with van der Waals surface area (Å²) < 4.78 is 0.720. The first-order valence-corrected chi connectivity index (χ1v) is 7.97. The van der Waals surface area contributed by atoms with Crippen LogP contribution in [0.3, 0.4) is 0 Å². The van der Waals surface area contributed by atoms with E-state index in [1.807, 2.05) is 6.92 Å². The molecule has 0 aliphatic carbocycles. The normalized spacial score (nSPS) is 10.5. The van der Waals surface area contributed by atoms with E-state index in [-0.39, 0.29) is 5.91 Å². The summed E-state index contributed by atoms with van der Waals surface area (Å²) in [5, 5.41) is 3.73. The molecule has 0 fully saturated rings. The summed E-state index contributed by atoms with van der Waals surface area (Å²) in [4.78, 5) is 16.5. The molecule has 2 rings (SSSR count). The number of hydrogen-bond acceptors (Lipinski definition) is 2. The number of amides is 1. The van der Waals surface area contributed by atoms with Crippen molar-refractivity contribution in [2.75, 3.05) is 5.32 Å². The van der Waals surface area contributed by atoms with Crippen LogP contribution in [0, 0.1) is 0 Å². The van der Waals surface area contributed by atoms with Crippen LogP contribution in [-0.4, -0.2) is 10.9 Å². The van der Waals surface area contributed by atoms with Gasteiger partial charge in [-0.2, -0.15) is 0 Å². The summed E-state index contributed by atoms with van der Waals surface area (Å²) in [6, 6.07) is 8.48. The third-order valence-electron chi connectivity index (χ3n) is 2.79. The second-order valence-corrected chi connectivity index (χ2v) is 6.18. The Morgan fingerprint density at radius 2 is 2.05 bits per heavy atom. The molecule has 110 valence electrons. The molecule has 1 N–H and O–H groups in total. The van der Waals surface area contributed by atoms with Crippen molar-refractivity contribution < 1.29 is 4.79 Å². The molecule has 2 aromatic rings. The van der Waals surface area contributed by atoms with Gasteiger partial charge in [-0.1, -0.05) is 36.5 Å². The second kappa shape index (κ2) is 7.25. The summed E-state index contributed by atoms with van der Waals surface area (Å²) in [6.45, 7) is 2.05. The van der Waals surface area contributed by atoms with Crippen LogP contribution in [0.5, 0.6) is 0 Å². The minimum absolute atomic E-state index is 0.236. The molecule has 21 heavy (non-hydrogen) atoms. The van der Waals surface area contributed by atoms with Gasteiger partial charge in [-0.25, -0.2) is 4.98 Å². The van der Waals surface area contributed by atoms with Crippen LogP contribution in [0.15, 0.2) is 34.8 Å². The standard InChI is InChI=1S/C15H13BrCl2N2O/c1-2-3-11-6-9(7-14(18)19-11)15(21)20-13-5-4-10(17)8-12(13)16/h4-8H,2-3H2,1H3,(H,20,21). The average Bonchev–Trinajstić information content (AvgIpc) is 2.41. The van der Waals surface area contributed by atoms with Crippen LogP contribution in [0.4, 0.5) is 5.69 Å². The number of benzene rings is 1.